The Morgan fingerprint density at radius 2 is 1.93 bits per heavy atom. The fraction of sp³-hybridized carbons (Fsp3) is 0.550. The Kier molecular flexibility index (Phi) is 8.85. The lowest BCUT2D eigenvalue weighted by atomic mass is 10.1. The van der Waals surface area contributed by atoms with Gasteiger partial charge in [0.15, 0.2) is 5.96 Å². The summed E-state index contributed by atoms with van der Waals surface area (Å²) in [6.45, 7) is 5.10. The van der Waals surface area contributed by atoms with Crippen molar-refractivity contribution in [2.75, 3.05) is 53.9 Å². The summed E-state index contributed by atoms with van der Waals surface area (Å²) in [4.78, 5) is 11.7. The SMILES string of the molecule is CN=C(NCC(c1ccc(Cl)cc1)N(C)C)N1CCC(N2CC=CC2)C1.I. The van der Waals surface area contributed by atoms with Crippen molar-refractivity contribution in [3.63, 3.8) is 0 Å². The van der Waals surface area contributed by atoms with E-state index in [1.807, 2.05) is 19.2 Å². The minimum absolute atomic E-state index is 0. The van der Waals surface area contributed by atoms with E-state index in [2.05, 4.69) is 63.4 Å². The molecule has 150 valence electrons. The number of benzene rings is 1. The lowest BCUT2D eigenvalue weighted by Gasteiger charge is -2.29. The second-order valence-corrected chi connectivity index (χ2v) is 7.71. The molecule has 2 unspecified atom stereocenters. The van der Waals surface area contributed by atoms with Crippen molar-refractivity contribution in [3.05, 3.63) is 47.0 Å². The first-order chi connectivity index (χ1) is 12.6. The minimum atomic E-state index is 0. The first-order valence-corrected chi connectivity index (χ1v) is 9.73. The average Bonchev–Trinajstić information content (AvgIpc) is 3.31. The number of rotatable bonds is 5. The van der Waals surface area contributed by atoms with Gasteiger partial charge in [-0.3, -0.25) is 9.89 Å². The molecule has 2 aliphatic rings. The Hall–Kier alpha value is -0.830. The Balaban J connectivity index is 0.00000261. The van der Waals surface area contributed by atoms with Gasteiger partial charge < -0.3 is 15.1 Å². The third-order valence-electron chi connectivity index (χ3n) is 5.37. The lowest BCUT2D eigenvalue weighted by Crippen LogP contribution is -2.45. The third kappa shape index (κ3) is 5.82. The van der Waals surface area contributed by atoms with Gasteiger partial charge in [0.1, 0.15) is 0 Å². The van der Waals surface area contributed by atoms with Crippen molar-refractivity contribution in [2.45, 2.75) is 18.5 Å². The molecule has 1 saturated heterocycles. The Bertz CT molecular complexity index is 638. The van der Waals surface area contributed by atoms with Gasteiger partial charge in [-0.15, -0.1) is 24.0 Å². The fourth-order valence-electron chi connectivity index (χ4n) is 3.83. The molecule has 27 heavy (non-hydrogen) atoms. The molecule has 1 aromatic carbocycles. The minimum Gasteiger partial charge on any atom is -0.354 e. The van der Waals surface area contributed by atoms with Crippen LogP contribution in [0.1, 0.15) is 18.0 Å². The zero-order valence-electron chi connectivity index (χ0n) is 16.4. The summed E-state index contributed by atoms with van der Waals surface area (Å²) in [7, 11) is 6.09. The summed E-state index contributed by atoms with van der Waals surface area (Å²) in [6, 6.07) is 9.01. The summed E-state index contributed by atoms with van der Waals surface area (Å²) < 4.78 is 0. The van der Waals surface area contributed by atoms with E-state index in [1.54, 1.807) is 0 Å². The van der Waals surface area contributed by atoms with E-state index in [0.29, 0.717) is 6.04 Å². The molecule has 0 amide bonds. The van der Waals surface area contributed by atoms with E-state index in [0.717, 1.165) is 43.7 Å². The van der Waals surface area contributed by atoms with E-state index in [-0.39, 0.29) is 30.0 Å². The van der Waals surface area contributed by atoms with E-state index in [9.17, 15) is 0 Å². The van der Waals surface area contributed by atoms with Crippen molar-refractivity contribution in [1.29, 1.82) is 0 Å². The van der Waals surface area contributed by atoms with Gasteiger partial charge in [0.2, 0.25) is 0 Å². The summed E-state index contributed by atoms with van der Waals surface area (Å²) in [5.74, 6) is 1.00. The molecule has 1 fully saturated rings. The van der Waals surface area contributed by atoms with Gasteiger partial charge in [0, 0.05) is 50.8 Å². The highest BCUT2D eigenvalue weighted by atomic mass is 127. The molecular formula is C20H31ClIN5. The number of hydrogen-bond donors (Lipinski definition) is 1. The van der Waals surface area contributed by atoms with Gasteiger partial charge in [0.05, 0.1) is 6.04 Å². The molecule has 0 spiro atoms. The maximum atomic E-state index is 6.04. The van der Waals surface area contributed by atoms with Crippen LogP contribution in [0.3, 0.4) is 0 Å². The summed E-state index contributed by atoms with van der Waals surface area (Å²) in [6.07, 6.45) is 5.74. The number of likely N-dealkylation sites (N-methyl/N-ethyl adjacent to an activating group) is 1. The number of guanidine groups is 1. The standard InChI is InChI=1S/C20H30ClN5.HI/c1-22-20(26-13-10-18(15-26)25-11-4-5-12-25)23-14-19(24(2)3)16-6-8-17(21)9-7-16;/h4-9,18-19H,10-15H2,1-3H3,(H,22,23);1H. The first kappa shape index (κ1) is 22.5. The van der Waals surface area contributed by atoms with Gasteiger partial charge in [-0.25, -0.2) is 0 Å². The topological polar surface area (TPSA) is 34.1 Å². The van der Waals surface area contributed by atoms with Crippen molar-refractivity contribution < 1.29 is 0 Å². The molecule has 0 bridgehead atoms. The second-order valence-electron chi connectivity index (χ2n) is 7.27. The zero-order valence-corrected chi connectivity index (χ0v) is 19.5. The van der Waals surface area contributed by atoms with Crippen molar-refractivity contribution in [3.8, 4) is 0 Å². The predicted octanol–water partition coefficient (Wildman–Crippen LogP) is 3.08. The van der Waals surface area contributed by atoms with Crippen LogP contribution in [0, 0.1) is 0 Å². The molecule has 0 radical (unpaired) electrons. The zero-order chi connectivity index (χ0) is 18.5. The van der Waals surface area contributed by atoms with E-state index < -0.39 is 0 Å². The molecule has 0 saturated carbocycles. The Labute approximate surface area is 185 Å². The van der Waals surface area contributed by atoms with Crippen LogP contribution in [0.4, 0.5) is 0 Å². The van der Waals surface area contributed by atoms with Crippen LogP contribution in [0.5, 0.6) is 0 Å². The second kappa shape index (κ2) is 10.6. The van der Waals surface area contributed by atoms with E-state index in [4.69, 9.17) is 11.6 Å². The van der Waals surface area contributed by atoms with E-state index in [1.165, 1.54) is 12.0 Å². The van der Waals surface area contributed by atoms with Gasteiger partial charge in [-0.05, 0) is 38.2 Å². The van der Waals surface area contributed by atoms with Crippen LogP contribution in [0.15, 0.2) is 41.4 Å². The molecular weight excluding hydrogens is 473 g/mol. The first-order valence-electron chi connectivity index (χ1n) is 9.35. The quantitative estimate of drug-likeness (QED) is 0.290. The average molecular weight is 504 g/mol. The van der Waals surface area contributed by atoms with Crippen LogP contribution >= 0.6 is 35.6 Å². The normalized spacial score (nSPS) is 21.6. The molecule has 0 aliphatic carbocycles. The highest BCUT2D eigenvalue weighted by Crippen LogP contribution is 2.21. The maximum absolute atomic E-state index is 6.04. The Morgan fingerprint density at radius 3 is 2.52 bits per heavy atom. The van der Waals surface area contributed by atoms with Crippen LogP contribution in [0.25, 0.3) is 0 Å². The monoisotopic (exact) mass is 503 g/mol. The molecule has 2 aliphatic heterocycles. The number of hydrogen-bond acceptors (Lipinski definition) is 3. The molecule has 7 heteroatoms. The largest absolute Gasteiger partial charge is 0.354 e. The number of nitrogens with one attached hydrogen (secondary N) is 1. The molecule has 5 nitrogen and oxygen atoms in total. The summed E-state index contributed by atoms with van der Waals surface area (Å²) >= 11 is 6.04. The molecule has 2 atom stereocenters. The van der Waals surface area contributed by atoms with Crippen LogP contribution < -0.4 is 5.32 Å². The number of aliphatic imine (C=N–C) groups is 1. The summed E-state index contributed by atoms with van der Waals surface area (Å²) in [5.41, 5.74) is 1.25. The number of halogens is 2. The molecule has 3 rings (SSSR count). The van der Waals surface area contributed by atoms with Crippen LogP contribution in [0.2, 0.25) is 5.02 Å². The van der Waals surface area contributed by atoms with Crippen molar-refractivity contribution >= 4 is 41.5 Å². The van der Waals surface area contributed by atoms with Gasteiger partial charge >= 0.3 is 0 Å². The van der Waals surface area contributed by atoms with Crippen LogP contribution in [-0.2, 0) is 0 Å². The highest BCUT2D eigenvalue weighted by molar-refractivity contribution is 14.0. The number of nitrogens with zero attached hydrogens (tertiary/aromatic N) is 4. The van der Waals surface area contributed by atoms with Crippen LogP contribution in [-0.4, -0.2) is 80.6 Å². The number of likely N-dealkylation sites (tertiary alicyclic amines) is 1. The van der Waals surface area contributed by atoms with Crippen molar-refractivity contribution in [2.24, 2.45) is 4.99 Å². The molecule has 2 heterocycles. The molecule has 1 N–H and O–H groups in total. The van der Waals surface area contributed by atoms with Gasteiger partial charge in [-0.2, -0.15) is 0 Å². The maximum Gasteiger partial charge on any atom is 0.193 e. The smallest absolute Gasteiger partial charge is 0.193 e. The van der Waals surface area contributed by atoms with Crippen molar-refractivity contribution in [1.82, 2.24) is 20.0 Å². The lowest BCUT2D eigenvalue weighted by molar-refractivity contribution is 0.258. The van der Waals surface area contributed by atoms with Gasteiger partial charge in [0.25, 0.3) is 0 Å². The van der Waals surface area contributed by atoms with E-state index >= 15 is 0 Å². The third-order valence-corrected chi connectivity index (χ3v) is 5.62. The molecule has 0 aromatic heterocycles. The predicted molar refractivity (Wildman–Crippen MR) is 125 cm³/mol. The van der Waals surface area contributed by atoms with Gasteiger partial charge in [-0.1, -0.05) is 35.9 Å². The fourth-order valence-corrected chi connectivity index (χ4v) is 3.95. The highest BCUT2D eigenvalue weighted by Gasteiger charge is 2.29. The Morgan fingerprint density at radius 1 is 1.26 bits per heavy atom. The summed E-state index contributed by atoms with van der Waals surface area (Å²) in [5, 5.41) is 4.36. The molecule has 1 aromatic rings.